The van der Waals surface area contributed by atoms with Crippen LogP contribution in [0.5, 0.6) is 0 Å². The molecule has 0 saturated carbocycles. The first-order chi connectivity index (χ1) is 16.4. The summed E-state index contributed by atoms with van der Waals surface area (Å²) in [6.07, 6.45) is 3.68. The van der Waals surface area contributed by atoms with Gasteiger partial charge in [0.1, 0.15) is 0 Å². The first-order valence-corrected chi connectivity index (χ1v) is 11.1. The Morgan fingerprint density at radius 1 is 1.21 bits per heavy atom. The van der Waals surface area contributed by atoms with Gasteiger partial charge >= 0.3 is 7.12 Å². The van der Waals surface area contributed by atoms with E-state index in [1.165, 1.54) is 0 Å². The third kappa shape index (κ3) is 3.97. The number of carbonyl (C=O) groups excluding carboxylic acids is 1. The Kier molecular flexibility index (Phi) is 5.68. The quantitative estimate of drug-likeness (QED) is 0.277. The first-order valence-electron chi connectivity index (χ1n) is 11.1. The van der Waals surface area contributed by atoms with E-state index in [1.807, 2.05) is 36.0 Å². The predicted molar refractivity (Wildman–Crippen MR) is 133 cm³/mol. The van der Waals surface area contributed by atoms with Crippen molar-refractivity contribution < 1.29 is 14.8 Å². The zero-order chi connectivity index (χ0) is 23.8. The normalized spacial score (nSPS) is 12.8. The van der Waals surface area contributed by atoms with Gasteiger partial charge in [-0.25, -0.2) is 9.97 Å². The lowest BCUT2D eigenvalue weighted by molar-refractivity contribution is 0.100. The van der Waals surface area contributed by atoms with Gasteiger partial charge in [-0.2, -0.15) is 0 Å². The molecule has 34 heavy (non-hydrogen) atoms. The van der Waals surface area contributed by atoms with Crippen LogP contribution in [0.25, 0.3) is 22.3 Å². The lowest BCUT2D eigenvalue weighted by atomic mass is 9.80. The van der Waals surface area contributed by atoms with Crippen LogP contribution in [0.4, 0.5) is 11.5 Å². The first kappa shape index (κ1) is 21.9. The molecule has 172 valence electrons. The number of carbonyl (C=O) groups is 1. The van der Waals surface area contributed by atoms with Crippen LogP contribution >= 0.6 is 0 Å². The van der Waals surface area contributed by atoms with Gasteiger partial charge in [0.2, 0.25) is 5.91 Å². The summed E-state index contributed by atoms with van der Waals surface area (Å²) in [5, 5.41) is 27.4. The number of hydrogen-bond donors (Lipinski definition) is 5. The third-order valence-electron chi connectivity index (χ3n) is 6.10. The summed E-state index contributed by atoms with van der Waals surface area (Å²) in [4.78, 5) is 21.7. The number of nitrogens with zero attached hydrogens (tertiary/aromatic N) is 3. The van der Waals surface area contributed by atoms with Crippen molar-refractivity contribution in [2.75, 3.05) is 17.2 Å². The number of primary amides is 1. The van der Waals surface area contributed by atoms with Crippen LogP contribution in [-0.4, -0.2) is 44.2 Å². The Hall–Kier alpha value is -3.89. The minimum atomic E-state index is -1.52. The van der Waals surface area contributed by atoms with E-state index in [0.29, 0.717) is 29.2 Å². The van der Waals surface area contributed by atoms with E-state index in [2.05, 4.69) is 10.6 Å². The van der Waals surface area contributed by atoms with Crippen LogP contribution < -0.4 is 21.8 Å². The smallest absolute Gasteiger partial charge is 0.423 e. The maximum atomic E-state index is 11.9. The molecule has 10 heteroatoms. The maximum absolute atomic E-state index is 11.9. The number of anilines is 2. The fourth-order valence-electron chi connectivity index (χ4n) is 4.48. The molecule has 0 aliphatic carbocycles. The number of aryl methyl sites for hydroxylation is 2. The summed E-state index contributed by atoms with van der Waals surface area (Å²) in [6, 6.07) is 12.6. The van der Waals surface area contributed by atoms with Crippen molar-refractivity contribution >= 4 is 40.8 Å². The van der Waals surface area contributed by atoms with Crippen molar-refractivity contribution in [3.05, 3.63) is 65.5 Å². The molecule has 0 saturated heterocycles. The van der Waals surface area contributed by atoms with Gasteiger partial charge in [-0.1, -0.05) is 36.4 Å². The molecule has 0 bridgehead atoms. The van der Waals surface area contributed by atoms with Crippen molar-refractivity contribution in [2.45, 2.75) is 19.4 Å². The average Bonchev–Trinajstić information content (AvgIpc) is 3.18. The summed E-state index contributed by atoms with van der Waals surface area (Å²) in [6.45, 7) is 1.29. The Morgan fingerprint density at radius 2 is 2.03 bits per heavy atom. The largest absolute Gasteiger partial charge is 0.488 e. The Balaban J connectivity index is 1.57. The number of nitrogens with two attached hydrogens (primary N) is 1. The molecule has 0 fully saturated rings. The highest BCUT2D eigenvalue weighted by Gasteiger charge is 2.22. The Bertz CT molecular complexity index is 1400. The SMILES string of the molecule is Cn1cc2c(C(N)=O)cccc2c1-c1nc2c(c(NCc3cccc(B(O)O)c3)n1)NCCC2. The van der Waals surface area contributed by atoms with Crippen molar-refractivity contribution in [1.29, 1.82) is 0 Å². The fraction of sp³-hybridized carbons (Fsp3) is 0.208. The van der Waals surface area contributed by atoms with Crippen LogP contribution in [0.3, 0.4) is 0 Å². The zero-order valence-electron chi connectivity index (χ0n) is 18.7. The van der Waals surface area contributed by atoms with Gasteiger partial charge in [0.15, 0.2) is 11.6 Å². The van der Waals surface area contributed by atoms with Gasteiger partial charge in [0.25, 0.3) is 0 Å². The monoisotopic (exact) mass is 456 g/mol. The van der Waals surface area contributed by atoms with Gasteiger partial charge in [-0.15, -0.1) is 0 Å². The fourth-order valence-corrected chi connectivity index (χ4v) is 4.48. The maximum Gasteiger partial charge on any atom is 0.488 e. The summed E-state index contributed by atoms with van der Waals surface area (Å²) in [7, 11) is 0.385. The molecule has 1 aliphatic rings. The van der Waals surface area contributed by atoms with E-state index in [1.54, 1.807) is 24.3 Å². The molecule has 0 radical (unpaired) electrons. The molecule has 1 aliphatic heterocycles. The van der Waals surface area contributed by atoms with Gasteiger partial charge in [0.05, 0.1) is 17.1 Å². The highest BCUT2D eigenvalue weighted by atomic mass is 16.4. The summed E-state index contributed by atoms with van der Waals surface area (Å²) in [5.41, 5.74) is 9.99. The summed E-state index contributed by atoms with van der Waals surface area (Å²) in [5.74, 6) is 0.759. The molecule has 6 N–H and O–H groups in total. The number of rotatable bonds is 6. The van der Waals surface area contributed by atoms with Gasteiger partial charge in [-0.3, -0.25) is 4.79 Å². The van der Waals surface area contributed by atoms with E-state index in [4.69, 9.17) is 15.7 Å². The van der Waals surface area contributed by atoms with E-state index < -0.39 is 13.0 Å². The number of nitrogens with one attached hydrogen (secondary N) is 2. The van der Waals surface area contributed by atoms with Crippen molar-refractivity contribution in [3.8, 4) is 11.5 Å². The van der Waals surface area contributed by atoms with Gasteiger partial charge in [-0.05, 0) is 29.9 Å². The zero-order valence-corrected chi connectivity index (χ0v) is 18.7. The predicted octanol–water partition coefficient (Wildman–Crippen LogP) is 1.38. The van der Waals surface area contributed by atoms with Gasteiger partial charge in [0, 0.05) is 42.7 Å². The minimum Gasteiger partial charge on any atom is -0.423 e. The molecular weight excluding hydrogens is 431 g/mol. The van der Waals surface area contributed by atoms with E-state index in [-0.39, 0.29) is 0 Å². The molecule has 1 amide bonds. The number of aromatic nitrogens is 3. The molecule has 0 spiro atoms. The van der Waals surface area contributed by atoms with Crippen molar-refractivity contribution in [2.24, 2.45) is 12.8 Å². The molecule has 3 heterocycles. The molecule has 9 nitrogen and oxygen atoms in total. The second kappa shape index (κ2) is 8.81. The van der Waals surface area contributed by atoms with Crippen LogP contribution in [0.2, 0.25) is 0 Å². The molecule has 2 aromatic carbocycles. The second-order valence-corrected chi connectivity index (χ2v) is 8.44. The van der Waals surface area contributed by atoms with Crippen molar-refractivity contribution in [1.82, 2.24) is 14.5 Å². The van der Waals surface area contributed by atoms with Crippen LogP contribution in [0.1, 0.15) is 28.0 Å². The number of fused-ring (bicyclic) bond motifs is 2. The van der Waals surface area contributed by atoms with E-state index in [0.717, 1.165) is 52.8 Å². The topological polar surface area (TPSA) is 138 Å². The third-order valence-corrected chi connectivity index (χ3v) is 6.10. The molecule has 0 unspecified atom stereocenters. The average molecular weight is 456 g/mol. The number of amides is 1. The van der Waals surface area contributed by atoms with E-state index in [9.17, 15) is 14.8 Å². The Morgan fingerprint density at radius 3 is 2.82 bits per heavy atom. The molecule has 5 rings (SSSR count). The number of benzene rings is 2. The highest BCUT2D eigenvalue weighted by Crippen LogP contribution is 2.34. The lowest BCUT2D eigenvalue weighted by Gasteiger charge is -2.22. The summed E-state index contributed by atoms with van der Waals surface area (Å²) < 4.78 is 1.92. The number of hydrogen-bond acceptors (Lipinski definition) is 7. The Labute approximate surface area is 196 Å². The minimum absolute atomic E-state index is 0.434. The molecular formula is C24H25BN6O3. The van der Waals surface area contributed by atoms with Crippen molar-refractivity contribution in [3.63, 3.8) is 0 Å². The lowest BCUT2D eigenvalue weighted by Crippen LogP contribution is -2.30. The molecule has 0 atom stereocenters. The second-order valence-electron chi connectivity index (χ2n) is 8.44. The molecule has 4 aromatic rings. The highest BCUT2D eigenvalue weighted by molar-refractivity contribution is 6.58. The van der Waals surface area contributed by atoms with E-state index >= 15 is 0 Å². The standard InChI is InChI=1S/C24H25BN6O3/c1-31-13-18-16(7-3-8-17(18)22(26)32)21(31)24-29-19-9-4-10-27-20(19)23(30-24)28-12-14-5-2-6-15(11-14)25(33)34/h2-3,5-8,11,13,27,33-34H,4,9-10,12H2,1H3,(H2,26,32)(H,28,29,30). The van der Waals surface area contributed by atoms with Crippen LogP contribution in [0.15, 0.2) is 48.7 Å². The van der Waals surface area contributed by atoms with Crippen LogP contribution in [0, 0.1) is 0 Å². The summed E-state index contributed by atoms with van der Waals surface area (Å²) >= 11 is 0. The molecule has 2 aromatic heterocycles. The van der Waals surface area contributed by atoms with Crippen LogP contribution in [-0.2, 0) is 20.0 Å². The van der Waals surface area contributed by atoms with Gasteiger partial charge < -0.3 is 31.0 Å².